The third kappa shape index (κ3) is 3.13. The standard InChI is InChI=1S/C15H19NO2/c1-15(2,3)11-18-14(17)16-9-8-12-6-4-5-7-13(12)10-16/h4-9H,10-11H2,1-3H3. The molecule has 0 aliphatic carbocycles. The second-order valence-corrected chi connectivity index (χ2v) is 5.76. The first-order chi connectivity index (χ1) is 8.46. The van der Waals surface area contributed by atoms with Crippen LogP contribution < -0.4 is 0 Å². The number of ether oxygens (including phenoxy) is 1. The Kier molecular flexibility index (Phi) is 3.41. The maximum absolute atomic E-state index is 11.9. The second kappa shape index (κ2) is 4.84. The molecule has 0 saturated heterocycles. The minimum Gasteiger partial charge on any atom is -0.449 e. The van der Waals surface area contributed by atoms with Crippen molar-refractivity contribution in [2.45, 2.75) is 27.3 Å². The van der Waals surface area contributed by atoms with Gasteiger partial charge in [-0.3, -0.25) is 4.90 Å². The van der Waals surface area contributed by atoms with Crippen LogP contribution in [0.5, 0.6) is 0 Å². The Morgan fingerprint density at radius 3 is 2.78 bits per heavy atom. The topological polar surface area (TPSA) is 29.5 Å². The summed E-state index contributed by atoms with van der Waals surface area (Å²) < 4.78 is 5.30. The predicted molar refractivity (Wildman–Crippen MR) is 71.8 cm³/mol. The Bertz CT molecular complexity index is 472. The van der Waals surface area contributed by atoms with Crippen molar-refractivity contribution in [1.29, 1.82) is 0 Å². The lowest BCUT2D eigenvalue weighted by Gasteiger charge is -2.25. The van der Waals surface area contributed by atoms with Crippen LogP contribution in [0.3, 0.4) is 0 Å². The largest absolute Gasteiger partial charge is 0.449 e. The average Bonchev–Trinajstić information content (AvgIpc) is 2.34. The molecule has 1 aromatic rings. The summed E-state index contributed by atoms with van der Waals surface area (Å²) in [6.07, 6.45) is 3.44. The molecule has 2 rings (SSSR count). The Morgan fingerprint density at radius 2 is 2.06 bits per heavy atom. The average molecular weight is 245 g/mol. The van der Waals surface area contributed by atoms with Crippen molar-refractivity contribution >= 4 is 12.2 Å². The summed E-state index contributed by atoms with van der Waals surface area (Å²) >= 11 is 0. The number of carbonyl (C=O) groups is 1. The second-order valence-electron chi connectivity index (χ2n) is 5.76. The van der Waals surface area contributed by atoms with Gasteiger partial charge in [0.2, 0.25) is 0 Å². The van der Waals surface area contributed by atoms with E-state index < -0.39 is 0 Å². The fourth-order valence-electron chi connectivity index (χ4n) is 1.73. The minimum absolute atomic E-state index is 0.00688. The molecule has 0 aromatic heterocycles. The molecule has 18 heavy (non-hydrogen) atoms. The smallest absolute Gasteiger partial charge is 0.414 e. The van der Waals surface area contributed by atoms with E-state index in [0.29, 0.717) is 13.2 Å². The molecule has 1 heterocycles. The summed E-state index contributed by atoms with van der Waals surface area (Å²) in [5.41, 5.74) is 2.30. The number of amides is 1. The molecular formula is C15H19NO2. The molecule has 0 saturated carbocycles. The molecule has 1 amide bonds. The van der Waals surface area contributed by atoms with Gasteiger partial charge in [-0.15, -0.1) is 0 Å². The van der Waals surface area contributed by atoms with Crippen LogP contribution in [0.15, 0.2) is 30.5 Å². The van der Waals surface area contributed by atoms with E-state index in [4.69, 9.17) is 4.74 Å². The molecule has 0 atom stereocenters. The zero-order valence-corrected chi connectivity index (χ0v) is 11.1. The maximum Gasteiger partial charge on any atom is 0.414 e. The first-order valence-corrected chi connectivity index (χ1v) is 6.15. The third-order valence-electron chi connectivity index (χ3n) is 2.69. The van der Waals surface area contributed by atoms with Crippen LogP contribution in [-0.4, -0.2) is 17.6 Å². The lowest BCUT2D eigenvalue weighted by molar-refractivity contribution is 0.0818. The van der Waals surface area contributed by atoms with E-state index in [2.05, 4.69) is 0 Å². The van der Waals surface area contributed by atoms with Crippen molar-refractivity contribution in [1.82, 2.24) is 4.90 Å². The number of fused-ring (bicyclic) bond motifs is 1. The molecule has 1 aliphatic heterocycles. The van der Waals surface area contributed by atoms with Gasteiger partial charge >= 0.3 is 6.09 Å². The van der Waals surface area contributed by atoms with Crippen LogP contribution in [0.4, 0.5) is 4.79 Å². The number of nitrogens with zero attached hydrogens (tertiary/aromatic N) is 1. The SMILES string of the molecule is CC(C)(C)COC(=O)N1C=Cc2ccccc2C1. The number of benzene rings is 1. The van der Waals surface area contributed by atoms with E-state index >= 15 is 0 Å². The summed E-state index contributed by atoms with van der Waals surface area (Å²) in [6, 6.07) is 8.06. The van der Waals surface area contributed by atoms with E-state index in [1.165, 1.54) is 0 Å². The molecule has 0 unspecified atom stereocenters. The molecule has 3 nitrogen and oxygen atoms in total. The van der Waals surface area contributed by atoms with Gasteiger partial charge in [-0.05, 0) is 22.6 Å². The van der Waals surface area contributed by atoms with Crippen LogP contribution in [0.25, 0.3) is 6.08 Å². The highest BCUT2D eigenvalue weighted by Crippen LogP contribution is 2.20. The summed E-state index contributed by atoms with van der Waals surface area (Å²) in [5, 5.41) is 0. The van der Waals surface area contributed by atoms with Gasteiger partial charge in [0.05, 0.1) is 13.2 Å². The van der Waals surface area contributed by atoms with Crippen molar-refractivity contribution in [3.63, 3.8) is 0 Å². The Morgan fingerprint density at radius 1 is 1.33 bits per heavy atom. The highest BCUT2D eigenvalue weighted by Gasteiger charge is 2.20. The molecule has 0 fully saturated rings. The first kappa shape index (κ1) is 12.7. The fraction of sp³-hybridized carbons (Fsp3) is 0.400. The van der Waals surface area contributed by atoms with E-state index in [1.807, 2.05) is 51.1 Å². The maximum atomic E-state index is 11.9. The molecule has 0 N–H and O–H groups in total. The quantitative estimate of drug-likeness (QED) is 0.755. The number of carbonyl (C=O) groups excluding carboxylic acids is 1. The lowest BCUT2D eigenvalue weighted by atomic mass is 9.99. The lowest BCUT2D eigenvalue weighted by Crippen LogP contribution is -2.30. The van der Waals surface area contributed by atoms with Crippen molar-refractivity contribution < 1.29 is 9.53 Å². The monoisotopic (exact) mass is 245 g/mol. The molecule has 3 heteroatoms. The first-order valence-electron chi connectivity index (χ1n) is 6.15. The van der Waals surface area contributed by atoms with E-state index in [9.17, 15) is 4.79 Å². The highest BCUT2D eigenvalue weighted by atomic mass is 16.6. The molecular weight excluding hydrogens is 226 g/mol. The van der Waals surface area contributed by atoms with Crippen LogP contribution in [0.1, 0.15) is 31.9 Å². The van der Waals surface area contributed by atoms with E-state index in [-0.39, 0.29) is 11.5 Å². The molecule has 0 bridgehead atoms. The Labute approximate surface area is 108 Å². The van der Waals surface area contributed by atoms with Crippen molar-refractivity contribution in [2.24, 2.45) is 5.41 Å². The van der Waals surface area contributed by atoms with Gasteiger partial charge in [0, 0.05) is 6.20 Å². The van der Waals surface area contributed by atoms with Gasteiger partial charge in [0.1, 0.15) is 0 Å². The molecule has 0 spiro atoms. The predicted octanol–water partition coefficient (Wildman–Crippen LogP) is 3.66. The number of hydrogen-bond acceptors (Lipinski definition) is 2. The number of hydrogen-bond donors (Lipinski definition) is 0. The summed E-state index contributed by atoms with van der Waals surface area (Å²) in [6.45, 7) is 7.14. The number of rotatable bonds is 1. The van der Waals surface area contributed by atoms with Crippen molar-refractivity contribution in [3.05, 3.63) is 41.6 Å². The Balaban J connectivity index is 1.99. The zero-order valence-electron chi connectivity index (χ0n) is 11.1. The van der Waals surface area contributed by atoms with E-state index in [0.717, 1.165) is 11.1 Å². The fourth-order valence-corrected chi connectivity index (χ4v) is 1.73. The van der Waals surface area contributed by atoms with Crippen molar-refractivity contribution in [2.75, 3.05) is 6.61 Å². The molecule has 1 aromatic carbocycles. The van der Waals surface area contributed by atoms with Crippen molar-refractivity contribution in [3.8, 4) is 0 Å². The van der Waals surface area contributed by atoms with Gasteiger partial charge in [-0.2, -0.15) is 0 Å². The van der Waals surface area contributed by atoms with Crippen LogP contribution in [0, 0.1) is 5.41 Å². The summed E-state index contributed by atoms with van der Waals surface area (Å²) in [4.78, 5) is 13.5. The molecule has 1 aliphatic rings. The van der Waals surface area contributed by atoms with Gasteiger partial charge in [0.25, 0.3) is 0 Å². The highest BCUT2D eigenvalue weighted by molar-refractivity contribution is 5.72. The zero-order chi connectivity index (χ0) is 13.2. The summed E-state index contributed by atoms with van der Waals surface area (Å²) in [7, 11) is 0. The summed E-state index contributed by atoms with van der Waals surface area (Å²) in [5.74, 6) is 0. The Hall–Kier alpha value is -1.77. The van der Waals surface area contributed by atoms with Gasteiger partial charge < -0.3 is 4.74 Å². The van der Waals surface area contributed by atoms with E-state index in [1.54, 1.807) is 11.1 Å². The molecule has 96 valence electrons. The van der Waals surface area contributed by atoms with Gasteiger partial charge in [-0.1, -0.05) is 45.0 Å². The normalized spacial score (nSPS) is 14.3. The van der Waals surface area contributed by atoms with Crippen LogP contribution >= 0.6 is 0 Å². The van der Waals surface area contributed by atoms with Gasteiger partial charge in [0.15, 0.2) is 0 Å². The van der Waals surface area contributed by atoms with Crippen LogP contribution in [-0.2, 0) is 11.3 Å². The van der Waals surface area contributed by atoms with Crippen LogP contribution in [0.2, 0.25) is 0 Å². The third-order valence-corrected chi connectivity index (χ3v) is 2.69. The minimum atomic E-state index is -0.282. The van der Waals surface area contributed by atoms with Gasteiger partial charge in [-0.25, -0.2) is 4.79 Å². The molecule has 0 radical (unpaired) electrons.